The van der Waals surface area contributed by atoms with Crippen LogP contribution in [0.1, 0.15) is 0 Å². The van der Waals surface area contributed by atoms with Gasteiger partial charge in [-0.3, -0.25) is 0 Å². The fraction of sp³-hybridized carbons (Fsp3) is 0.600. The van der Waals surface area contributed by atoms with Gasteiger partial charge in [-0.05, 0) is 0 Å². The molecule has 0 atom stereocenters. The fourth-order valence-corrected chi connectivity index (χ4v) is 6.28. The van der Waals surface area contributed by atoms with Gasteiger partial charge in [0.05, 0.1) is 0 Å². The Morgan fingerprint density at radius 1 is 0.846 bits per heavy atom. The van der Waals surface area contributed by atoms with Crippen LogP contribution in [0.5, 0.6) is 0 Å². The van der Waals surface area contributed by atoms with Crippen LogP contribution in [-0.2, 0) is 8.09 Å². The third-order valence-corrected chi connectivity index (χ3v) is 10.9. The quantitative estimate of drug-likeness (QED) is 0.541. The normalized spacial score (nSPS) is 30.4. The summed E-state index contributed by atoms with van der Waals surface area (Å²) in [6.45, 7) is 0. The molecule has 1 aliphatic rings. The molecule has 0 aromatic carbocycles. The van der Waals surface area contributed by atoms with Gasteiger partial charge in [0.25, 0.3) is 0 Å². The Labute approximate surface area is 83.6 Å². The third kappa shape index (κ3) is 3.08. The summed E-state index contributed by atoms with van der Waals surface area (Å²) in [5, 5.41) is 0. The van der Waals surface area contributed by atoms with Crippen LogP contribution < -0.4 is 0 Å². The third-order valence-electron chi connectivity index (χ3n) is 1.96. The second kappa shape index (κ2) is 1.36. The SMILES string of the molecule is [CH3][Rh]([CH3])([CH3])([CH3])([CH3])([Cl])([Cl])[CH]1C=CC=C1. The van der Waals surface area contributed by atoms with E-state index >= 15 is 0 Å². The van der Waals surface area contributed by atoms with E-state index in [9.17, 15) is 0 Å². The Bertz CT molecular complexity index is 320. The van der Waals surface area contributed by atoms with Crippen LogP contribution >= 0.6 is 19.4 Å². The van der Waals surface area contributed by atoms with Gasteiger partial charge in [0.1, 0.15) is 0 Å². The van der Waals surface area contributed by atoms with Crippen LogP contribution in [0.25, 0.3) is 0 Å². The van der Waals surface area contributed by atoms with Crippen molar-refractivity contribution < 1.29 is 8.09 Å². The summed E-state index contributed by atoms with van der Waals surface area (Å²) < 4.78 is 0.121. The average molecular weight is 314 g/mol. The average Bonchev–Trinajstić information content (AvgIpc) is 1.97. The van der Waals surface area contributed by atoms with Crippen LogP contribution in [-0.4, -0.2) is 0 Å². The molecular weight excluding hydrogens is 294 g/mol. The first-order valence-electron chi connectivity index (χ1n) is 3.78. The van der Waals surface area contributed by atoms with E-state index in [1.54, 1.807) is 0 Å². The summed E-state index contributed by atoms with van der Waals surface area (Å²) in [5.74, 6) is 0. The van der Waals surface area contributed by atoms with E-state index in [1.807, 2.05) is 39.7 Å². The molecule has 1 rings (SSSR count). The van der Waals surface area contributed by atoms with Crippen molar-refractivity contribution in [2.75, 3.05) is 0 Å². The van der Waals surface area contributed by atoms with Gasteiger partial charge in [-0.25, -0.2) is 0 Å². The molecular formula is C10H20Cl2Rh. The Morgan fingerprint density at radius 2 is 1.15 bits per heavy atom. The van der Waals surface area contributed by atoms with E-state index in [1.165, 1.54) is 0 Å². The van der Waals surface area contributed by atoms with Crippen molar-refractivity contribution in [2.45, 2.75) is 32.1 Å². The van der Waals surface area contributed by atoms with Gasteiger partial charge in [-0.2, -0.15) is 0 Å². The molecule has 0 heterocycles. The molecule has 0 nitrogen and oxygen atoms in total. The zero-order valence-electron chi connectivity index (χ0n) is 8.98. The van der Waals surface area contributed by atoms with Crippen LogP contribution in [0.15, 0.2) is 24.3 Å². The molecule has 0 saturated carbocycles. The molecule has 0 aromatic rings. The van der Waals surface area contributed by atoms with E-state index in [0.717, 1.165) is 0 Å². The molecule has 0 unspecified atom stereocenters. The molecule has 83 valence electrons. The van der Waals surface area contributed by atoms with Gasteiger partial charge in [0.15, 0.2) is 0 Å². The standard InChI is InChI=1S/C5H5.5CH3.2ClH.Rh/c1-2-4-5-3-1;;;;;;;;/h1-5H;5*1H3;2*1H;/q;;;;;;;;+2/p-2. The first-order valence-corrected chi connectivity index (χ1v) is 17.1. The zero-order chi connectivity index (χ0) is 10.8. The Balaban J connectivity index is 3.63. The second-order valence-electron chi connectivity index (χ2n) is 6.93. The summed E-state index contributed by atoms with van der Waals surface area (Å²) in [6.07, 6.45) is 8.20. The van der Waals surface area contributed by atoms with Gasteiger partial charge in [0.2, 0.25) is 0 Å². The van der Waals surface area contributed by atoms with Crippen molar-refractivity contribution in [1.29, 1.82) is 0 Å². The van der Waals surface area contributed by atoms with E-state index in [2.05, 4.69) is 12.2 Å². The fourth-order valence-electron chi connectivity index (χ4n) is 1.13. The maximum atomic E-state index is 6.98. The number of rotatable bonds is 1. The number of allylic oxidation sites excluding steroid dienone is 4. The van der Waals surface area contributed by atoms with Gasteiger partial charge in [-0.15, -0.1) is 0 Å². The first kappa shape index (κ1) is 11.8. The molecule has 1 aliphatic carbocycles. The number of halogens is 2. The predicted molar refractivity (Wildman–Crippen MR) is 63.1 cm³/mol. The van der Waals surface area contributed by atoms with Crippen molar-refractivity contribution in [2.24, 2.45) is 0 Å². The Hall–Kier alpha value is 0.683. The monoisotopic (exact) mass is 313 g/mol. The van der Waals surface area contributed by atoms with Gasteiger partial charge >= 0.3 is 83.9 Å². The van der Waals surface area contributed by atoms with Crippen molar-refractivity contribution in [1.82, 2.24) is 0 Å². The van der Waals surface area contributed by atoms with Gasteiger partial charge < -0.3 is 0 Å². The van der Waals surface area contributed by atoms with Crippen molar-refractivity contribution in [3.05, 3.63) is 24.3 Å². The van der Waals surface area contributed by atoms with E-state index < -0.39 is 8.09 Å². The van der Waals surface area contributed by atoms with Crippen molar-refractivity contribution in [3.63, 3.8) is 0 Å². The van der Waals surface area contributed by atoms with Crippen molar-refractivity contribution >= 4 is 19.4 Å². The maximum absolute atomic E-state index is 6.98. The summed E-state index contributed by atoms with van der Waals surface area (Å²) in [7, 11) is 9.39. The molecule has 0 radical (unpaired) electrons. The van der Waals surface area contributed by atoms with Gasteiger partial charge in [-0.1, -0.05) is 0 Å². The summed E-state index contributed by atoms with van der Waals surface area (Å²) in [5.41, 5.74) is 10.1. The van der Waals surface area contributed by atoms with Crippen LogP contribution in [0.4, 0.5) is 0 Å². The Kier molecular flexibility index (Phi) is 1.23. The van der Waals surface area contributed by atoms with Crippen LogP contribution in [0.2, 0.25) is 32.1 Å². The molecule has 0 aromatic heterocycles. The molecule has 0 spiro atoms. The minimum absolute atomic E-state index is 0.121. The minimum atomic E-state index is -4.56. The van der Waals surface area contributed by atoms with E-state index in [0.29, 0.717) is 0 Å². The molecule has 0 N–H and O–H groups in total. The van der Waals surface area contributed by atoms with Gasteiger partial charge in [0, 0.05) is 0 Å². The van der Waals surface area contributed by atoms with E-state index in [-0.39, 0.29) is 4.51 Å². The molecule has 13 heavy (non-hydrogen) atoms. The second-order valence-corrected chi connectivity index (χ2v) is 55.2. The molecule has 0 aliphatic heterocycles. The first-order chi connectivity index (χ1) is 5.00. The molecule has 3 heteroatoms. The molecule has 0 saturated heterocycles. The Morgan fingerprint density at radius 3 is 1.31 bits per heavy atom. The summed E-state index contributed by atoms with van der Waals surface area (Å²) in [4.78, 5) is 0. The zero-order valence-corrected chi connectivity index (χ0v) is 12.1. The van der Waals surface area contributed by atoms with Crippen LogP contribution in [0, 0.1) is 0 Å². The molecule has 0 fully saturated rings. The number of hydrogen-bond donors (Lipinski definition) is 0. The predicted octanol–water partition coefficient (Wildman–Crippen LogP) is 5.75. The topological polar surface area (TPSA) is 0 Å². The number of hydrogen-bond acceptors (Lipinski definition) is 0. The summed E-state index contributed by atoms with van der Waals surface area (Å²) in [6, 6.07) is 0. The molecule has 0 bridgehead atoms. The van der Waals surface area contributed by atoms with Crippen LogP contribution in [0.3, 0.4) is 0 Å². The van der Waals surface area contributed by atoms with E-state index in [4.69, 9.17) is 19.4 Å². The molecule has 0 amide bonds. The summed E-state index contributed by atoms with van der Waals surface area (Å²) >= 11 is 0. The van der Waals surface area contributed by atoms with Crippen molar-refractivity contribution in [3.8, 4) is 0 Å².